The van der Waals surface area contributed by atoms with Crippen LogP contribution in [0.15, 0.2) is 60.0 Å². The van der Waals surface area contributed by atoms with Crippen LogP contribution in [0.1, 0.15) is 30.3 Å². The zero-order valence-electron chi connectivity index (χ0n) is 14.7. The number of hydrogen-bond acceptors (Lipinski definition) is 4. The highest BCUT2D eigenvalue weighted by atomic mass is 32.1. The maximum atomic E-state index is 9.58. The Morgan fingerprint density at radius 1 is 1.19 bits per heavy atom. The van der Waals surface area contributed by atoms with Crippen LogP contribution in [-0.2, 0) is 0 Å². The van der Waals surface area contributed by atoms with Crippen LogP contribution < -0.4 is 4.74 Å². The van der Waals surface area contributed by atoms with E-state index in [-0.39, 0.29) is 0 Å². The van der Waals surface area contributed by atoms with Gasteiger partial charge in [0.2, 0.25) is 0 Å². The van der Waals surface area contributed by atoms with E-state index in [1.807, 2.05) is 66.1 Å². The van der Waals surface area contributed by atoms with Crippen molar-refractivity contribution in [2.75, 3.05) is 6.61 Å². The van der Waals surface area contributed by atoms with E-state index >= 15 is 0 Å². The van der Waals surface area contributed by atoms with Crippen LogP contribution in [0.2, 0.25) is 0 Å². The third-order valence-electron chi connectivity index (χ3n) is 3.86. The van der Waals surface area contributed by atoms with E-state index < -0.39 is 0 Å². The number of aromatic nitrogens is 1. The minimum Gasteiger partial charge on any atom is -0.494 e. The third kappa shape index (κ3) is 4.59. The van der Waals surface area contributed by atoms with Crippen LogP contribution in [0, 0.1) is 11.3 Å². The van der Waals surface area contributed by atoms with Gasteiger partial charge in [-0.1, -0.05) is 55.8 Å². The highest BCUT2D eigenvalue weighted by Crippen LogP contribution is 2.27. The van der Waals surface area contributed by atoms with Crippen LogP contribution in [0.4, 0.5) is 0 Å². The predicted molar refractivity (Wildman–Crippen MR) is 108 cm³/mol. The second-order valence-corrected chi connectivity index (χ2v) is 6.71. The summed E-state index contributed by atoms with van der Waals surface area (Å²) in [5, 5.41) is 12.3. The van der Waals surface area contributed by atoms with Crippen molar-refractivity contribution in [3.05, 3.63) is 70.5 Å². The van der Waals surface area contributed by atoms with Crippen molar-refractivity contribution in [3.8, 4) is 23.1 Å². The largest absolute Gasteiger partial charge is 0.494 e. The van der Waals surface area contributed by atoms with Crippen LogP contribution in [0.3, 0.4) is 0 Å². The average Bonchev–Trinajstić information content (AvgIpc) is 3.17. The van der Waals surface area contributed by atoms with Crippen LogP contribution in [0.5, 0.6) is 5.75 Å². The van der Waals surface area contributed by atoms with Crippen molar-refractivity contribution < 1.29 is 4.74 Å². The van der Waals surface area contributed by atoms with E-state index in [0.717, 1.165) is 40.4 Å². The van der Waals surface area contributed by atoms with Crippen molar-refractivity contribution >= 4 is 23.0 Å². The average molecular weight is 360 g/mol. The molecule has 0 saturated carbocycles. The Morgan fingerprint density at radius 3 is 2.81 bits per heavy atom. The monoisotopic (exact) mass is 360 g/mol. The van der Waals surface area contributed by atoms with E-state index in [4.69, 9.17) is 4.74 Å². The normalized spacial score (nSPS) is 11.2. The number of ether oxygens (including phenoxy) is 1. The zero-order chi connectivity index (χ0) is 18.2. The van der Waals surface area contributed by atoms with Crippen LogP contribution in [0.25, 0.3) is 22.9 Å². The van der Waals surface area contributed by atoms with Gasteiger partial charge in [0.25, 0.3) is 0 Å². The lowest BCUT2D eigenvalue weighted by atomic mass is 10.1. The Morgan fingerprint density at radius 2 is 2.04 bits per heavy atom. The van der Waals surface area contributed by atoms with E-state index in [0.29, 0.717) is 12.2 Å². The molecule has 1 heterocycles. The summed E-state index contributed by atoms with van der Waals surface area (Å²) in [6, 6.07) is 20.1. The fraction of sp³-hybridized carbons (Fsp3) is 0.182. The first kappa shape index (κ1) is 17.9. The number of allylic oxidation sites excluding steroid dienone is 1. The van der Waals surface area contributed by atoms with Crippen molar-refractivity contribution in [1.29, 1.82) is 5.26 Å². The molecule has 130 valence electrons. The number of thiazole rings is 1. The third-order valence-corrected chi connectivity index (χ3v) is 4.74. The summed E-state index contributed by atoms with van der Waals surface area (Å²) in [4.78, 5) is 4.63. The SMILES string of the molecule is CCCCOc1cccc(/C=C(/C#N)c2nc(-c3ccccc3)cs2)c1. The predicted octanol–water partition coefficient (Wildman–Crippen LogP) is 6.05. The van der Waals surface area contributed by atoms with Crippen molar-refractivity contribution in [2.24, 2.45) is 0 Å². The number of benzene rings is 2. The summed E-state index contributed by atoms with van der Waals surface area (Å²) >= 11 is 1.48. The number of nitriles is 1. The maximum absolute atomic E-state index is 9.58. The van der Waals surface area contributed by atoms with Gasteiger partial charge in [-0.2, -0.15) is 5.26 Å². The fourth-order valence-electron chi connectivity index (χ4n) is 2.48. The lowest BCUT2D eigenvalue weighted by Crippen LogP contribution is -1.96. The van der Waals surface area contributed by atoms with Gasteiger partial charge in [-0.3, -0.25) is 0 Å². The summed E-state index contributed by atoms with van der Waals surface area (Å²) in [6.45, 7) is 2.85. The molecule has 3 aromatic rings. The van der Waals surface area contributed by atoms with Crippen molar-refractivity contribution in [2.45, 2.75) is 19.8 Å². The molecule has 1 aromatic heterocycles. The highest BCUT2D eigenvalue weighted by molar-refractivity contribution is 7.11. The van der Waals surface area contributed by atoms with Crippen molar-refractivity contribution in [1.82, 2.24) is 4.98 Å². The molecule has 0 aliphatic rings. The Hall–Kier alpha value is -2.90. The zero-order valence-corrected chi connectivity index (χ0v) is 15.5. The molecule has 0 atom stereocenters. The van der Waals surface area contributed by atoms with Crippen molar-refractivity contribution in [3.63, 3.8) is 0 Å². The van der Waals surface area contributed by atoms with Gasteiger partial charge in [-0.25, -0.2) is 4.98 Å². The molecule has 0 amide bonds. The molecule has 0 fully saturated rings. The second-order valence-electron chi connectivity index (χ2n) is 5.85. The van der Waals surface area contributed by atoms with E-state index in [1.54, 1.807) is 0 Å². The van der Waals surface area contributed by atoms with E-state index in [2.05, 4.69) is 18.0 Å². The molecular formula is C22H20N2OS. The molecule has 4 heteroatoms. The minimum atomic E-state index is 0.558. The summed E-state index contributed by atoms with van der Waals surface area (Å²) in [7, 11) is 0. The maximum Gasteiger partial charge on any atom is 0.134 e. The van der Waals surface area contributed by atoms with Gasteiger partial charge in [0.15, 0.2) is 0 Å². The Labute approximate surface area is 158 Å². The van der Waals surface area contributed by atoms with Gasteiger partial charge in [0, 0.05) is 10.9 Å². The highest BCUT2D eigenvalue weighted by Gasteiger charge is 2.09. The number of unbranched alkanes of at least 4 members (excludes halogenated alkanes) is 1. The first-order valence-corrected chi connectivity index (χ1v) is 9.54. The first-order chi connectivity index (χ1) is 12.8. The molecule has 0 saturated heterocycles. The van der Waals surface area contributed by atoms with E-state index in [1.165, 1.54) is 11.3 Å². The summed E-state index contributed by atoms with van der Waals surface area (Å²) < 4.78 is 5.74. The van der Waals surface area contributed by atoms with Crippen LogP contribution in [-0.4, -0.2) is 11.6 Å². The van der Waals surface area contributed by atoms with Gasteiger partial charge >= 0.3 is 0 Å². The summed E-state index contributed by atoms with van der Waals surface area (Å²) in [6.07, 6.45) is 4.00. The topological polar surface area (TPSA) is 45.9 Å². The molecule has 3 rings (SSSR count). The standard InChI is InChI=1S/C22H20N2OS/c1-2-3-12-25-20-11-7-8-17(14-20)13-19(15-23)22-24-21(16-26-22)18-9-5-4-6-10-18/h4-11,13-14,16H,2-3,12H2,1H3/b19-13-. The quantitative estimate of drug-likeness (QED) is 0.380. The molecule has 2 aromatic carbocycles. The molecule has 0 radical (unpaired) electrons. The Balaban J connectivity index is 1.82. The number of rotatable bonds is 7. The molecule has 0 aliphatic heterocycles. The number of nitrogens with zero attached hydrogens (tertiary/aromatic N) is 2. The molecule has 0 aliphatic carbocycles. The van der Waals surface area contributed by atoms with Gasteiger partial charge in [-0.15, -0.1) is 11.3 Å². The van der Waals surface area contributed by atoms with Crippen LogP contribution >= 0.6 is 11.3 Å². The first-order valence-electron chi connectivity index (χ1n) is 8.66. The van der Waals surface area contributed by atoms with Gasteiger partial charge in [-0.05, 0) is 30.2 Å². The number of hydrogen-bond donors (Lipinski definition) is 0. The van der Waals surface area contributed by atoms with E-state index in [9.17, 15) is 5.26 Å². The van der Waals surface area contributed by atoms with Gasteiger partial charge in [0.05, 0.1) is 17.9 Å². The molecule has 0 N–H and O–H groups in total. The summed E-state index contributed by atoms with van der Waals surface area (Å²) in [5.74, 6) is 0.827. The fourth-order valence-corrected chi connectivity index (χ4v) is 3.27. The molecule has 3 nitrogen and oxygen atoms in total. The Bertz CT molecular complexity index is 923. The smallest absolute Gasteiger partial charge is 0.134 e. The molecule has 26 heavy (non-hydrogen) atoms. The molecule has 0 unspecified atom stereocenters. The lowest BCUT2D eigenvalue weighted by Gasteiger charge is -2.05. The summed E-state index contributed by atoms with van der Waals surface area (Å²) in [5.41, 5.74) is 3.44. The van der Waals surface area contributed by atoms with Gasteiger partial charge < -0.3 is 4.74 Å². The molecular weight excluding hydrogens is 340 g/mol. The molecule has 0 spiro atoms. The lowest BCUT2D eigenvalue weighted by molar-refractivity contribution is 0.309. The minimum absolute atomic E-state index is 0.558. The Kier molecular flexibility index (Phi) is 6.19. The van der Waals surface area contributed by atoms with Gasteiger partial charge in [0.1, 0.15) is 16.8 Å². The second kappa shape index (κ2) is 8.98. The molecule has 0 bridgehead atoms.